The van der Waals surface area contributed by atoms with E-state index in [1.807, 2.05) is 6.07 Å². The Hall–Kier alpha value is -1.77. The minimum atomic E-state index is -0.103. The largest absolute Gasteiger partial charge is 0.472 e. The van der Waals surface area contributed by atoms with Crippen LogP contribution in [0.1, 0.15) is 0 Å². The number of hydrogen-bond donors (Lipinski definition) is 1. The summed E-state index contributed by atoms with van der Waals surface area (Å²) in [6, 6.07) is 6.81. The third kappa shape index (κ3) is 1.16. The molecule has 2 aromatic rings. The summed E-state index contributed by atoms with van der Waals surface area (Å²) < 4.78 is 4.89. The van der Waals surface area contributed by atoms with Gasteiger partial charge in [0.25, 0.3) is 0 Å². The molecule has 0 aliphatic rings. The third-order valence-corrected chi connectivity index (χ3v) is 1.60. The Balaban J connectivity index is 2.55. The van der Waals surface area contributed by atoms with Crippen LogP contribution < -0.4 is 5.56 Å². The van der Waals surface area contributed by atoms with Crippen LogP contribution >= 0.6 is 0 Å². The van der Waals surface area contributed by atoms with Gasteiger partial charge in [0.05, 0.1) is 18.2 Å². The first-order valence-corrected chi connectivity index (χ1v) is 3.58. The molecule has 0 aliphatic heterocycles. The molecule has 2 aromatic heterocycles. The van der Waals surface area contributed by atoms with E-state index in [-0.39, 0.29) is 5.56 Å². The average molecular weight is 161 g/mol. The summed E-state index contributed by atoms with van der Waals surface area (Å²) in [5.41, 5.74) is 1.55. The van der Waals surface area contributed by atoms with Crippen molar-refractivity contribution in [2.75, 3.05) is 0 Å². The lowest BCUT2D eigenvalue weighted by Crippen LogP contribution is -2.02. The van der Waals surface area contributed by atoms with E-state index in [9.17, 15) is 4.79 Å². The lowest BCUT2D eigenvalue weighted by molar-refractivity contribution is 0.568. The number of furan rings is 1. The Labute approximate surface area is 68.7 Å². The zero-order valence-corrected chi connectivity index (χ0v) is 6.28. The molecule has 3 nitrogen and oxygen atoms in total. The maximum absolute atomic E-state index is 10.9. The average Bonchev–Trinajstić information content (AvgIpc) is 2.56. The maximum Gasteiger partial charge on any atom is 0.248 e. The number of pyridine rings is 1. The Morgan fingerprint density at radius 1 is 1.25 bits per heavy atom. The molecule has 3 heteroatoms. The standard InChI is InChI=1S/C9H7NO2/c11-9-3-1-2-8(10-9)7-4-5-12-6-7/h1-6H,(H,10,11). The van der Waals surface area contributed by atoms with Crippen LogP contribution in [0.4, 0.5) is 0 Å². The van der Waals surface area contributed by atoms with Gasteiger partial charge >= 0.3 is 0 Å². The minimum Gasteiger partial charge on any atom is -0.472 e. The van der Waals surface area contributed by atoms with E-state index < -0.39 is 0 Å². The number of hydrogen-bond acceptors (Lipinski definition) is 2. The van der Waals surface area contributed by atoms with Crippen LogP contribution in [-0.4, -0.2) is 4.98 Å². The van der Waals surface area contributed by atoms with Gasteiger partial charge in [-0.25, -0.2) is 0 Å². The summed E-state index contributed by atoms with van der Waals surface area (Å²) in [7, 11) is 0. The van der Waals surface area contributed by atoms with Gasteiger partial charge in [0, 0.05) is 11.6 Å². The van der Waals surface area contributed by atoms with Crippen molar-refractivity contribution < 1.29 is 4.42 Å². The van der Waals surface area contributed by atoms with Crippen LogP contribution in [0.2, 0.25) is 0 Å². The zero-order chi connectivity index (χ0) is 8.39. The number of H-pyrrole nitrogens is 1. The number of nitrogens with one attached hydrogen (secondary N) is 1. The van der Waals surface area contributed by atoms with Crippen LogP contribution in [0.25, 0.3) is 11.3 Å². The lowest BCUT2D eigenvalue weighted by atomic mass is 10.2. The summed E-state index contributed by atoms with van der Waals surface area (Å²) in [6.45, 7) is 0. The van der Waals surface area contributed by atoms with Crippen molar-refractivity contribution in [3.8, 4) is 11.3 Å². The van der Waals surface area contributed by atoms with Gasteiger partial charge in [-0.15, -0.1) is 0 Å². The highest BCUT2D eigenvalue weighted by molar-refractivity contribution is 5.56. The van der Waals surface area contributed by atoms with Crippen LogP contribution in [0.3, 0.4) is 0 Å². The summed E-state index contributed by atoms with van der Waals surface area (Å²) in [6.07, 6.45) is 3.16. The van der Waals surface area contributed by atoms with Crippen LogP contribution in [0, 0.1) is 0 Å². The van der Waals surface area contributed by atoms with Crippen molar-refractivity contribution in [3.63, 3.8) is 0 Å². The SMILES string of the molecule is O=c1cccc(-c2ccoc2)[nH]1. The van der Waals surface area contributed by atoms with Crippen molar-refractivity contribution >= 4 is 0 Å². The fourth-order valence-corrected chi connectivity index (χ4v) is 1.03. The molecule has 0 fully saturated rings. The van der Waals surface area contributed by atoms with E-state index in [4.69, 9.17) is 4.42 Å². The first kappa shape index (κ1) is 6.91. The predicted octanol–water partition coefficient (Wildman–Crippen LogP) is 1.63. The van der Waals surface area contributed by atoms with Crippen molar-refractivity contribution in [1.29, 1.82) is 0 Å². The van der Waals surface area contributed by atoms with E-state index in [0.717, 1.165) is 11.3 Å². The van der Waals surface area contributed by atoms with Gasteiger partial charge in [-0.3, -0.25) is 4.79 Å². The number of aromatic nitrogens is 1. The smallest absolute Gasteiger partial charge is 0.248 e. The highest BCUT2D eigenvalue weighted by Gasteiger charge is 1.97. The molecule has 60 valence electrons. The second kappa shape index (κ2) is 2.70. The highest BCUT2D eigenvalue weighted by atomic mass is 16.3. The maximum atomic E-state index is 10.9. The Bertz CT molecular complexity index is 414. The summed E-state index contributed by atoms with van der Waals surface area (Å²) in [5, 5.41) is 0. The van der Waals surface area contributed by atoms with E-state index in [0.29, 0.717) is 0 Å². The predicted molar refractivity (Wildman–Crippen MR) is 44.8 cm³/mol. The quantitative estimate of drug-likeness (QED) is 0.691. The van der Waals surface area contributed by atoms with Gasteiger partial charge in [-0.2, -0.15) is 0 Å². The molecule has 0 radical (unpaired) electrons. The minimum absolute atomic E-state index is 0.103. The zero-order valence-electron chi connectivity index (χ0n) is 6.28. The van der Waals surface area contributed by atoms with Gasteiger partial charge in [-0.05, 0) is 12.1 Å². The van der Waals surface area contributed by atoms with Crippen LogP contribution in [0.15, 0.2) is 46.0 Å². The molecule has 12 heavy (non-hydrogen) atoms. The molecule has 0 atom stereocenters. The fourth-order valence-electron chi connectivity index (χ4n) is 1.03. The molecular weight excluding hydrogens is 154 g/mol. The molecule has 1 N–H and O–H groups in total. The monoisotopic (exact) mass is 161 g/mol. The Kier molecular flexibility index (Phi) is 1.55. The third-order valence-electron chi connectivity index (χ3n) is 1.60. The van der Waals surface area contributed by atoms with E-state index >= 15 is 0 Å². The molecule has 2 heterocycles. The van der Waals surface area contributed by atoms with E-state index in [1.54, 1.807) is 24.7 Å². The first-order valence-electron chi connectivity index (χ1n) is 3.58. The highest BCUT2D eigenvalue weighted by Crippen LogP contribution is 2.14. The molecule has 2 rings (SSSR count). The van der Waals surface area contributed by atoms with Gasteiger partial charge < -0.3 is 9.40 Å². The molecule has 0 amide bonds. The van der Waals surface area contributed by atoms with Crippen LogP contribution in [0.5, 0.6) is 0 Å². The Morgan fingerprint density at radius 3 is 2.83 bits per heavy atom. The van der Waals surface area contributed by atoms with Crippen LogP contribution in [-0.2, 0) is 0 Å². The van der Waals surface area contributed by atoms with E-state index in [1.165, 1.54) is 6.07 Å². The summed E-state index contributed by atoms with van der Waals surface area (Å²) >= 11 is 0. The summed E-state index contributed by atoms with van der Waals surface area (Å²) in [4.78, 5) is 13.6. The van der Waals surface area contributed by atoms with E-state index in [2.05, 4.69) is 4.98 Å². The molecule has 0 saturated carbocycles. The van der Waals surface area contributed by atoms with Crippen molar-refractivity contribution in [2.45, 2.75) is 0 Å². The fraction of sp³-hybridized carbons (Fsp3) is 0. The number of aromatic amines is 1. The normalized spacial score (nSPS) is 10.0. The Morgan fingerprint density at radius 2 is 2.17 bits per heavy atom. The van der Waals surface area contributed by atoms with Gasteiger partial charge in [0.1, 0.15) is 0 Å². The second-order valence-electron chi connectivity index (χ2n) is 2.44. The number of rotatable bonds is 1. The van der Waals surface area contributed by atoms with Gasteiger partial charge in [-0.1, -0.05) is 6.07 Å². The van der Waals surface area contributed by atoms with Gasteiger partial charge in [0.2, 0.25) is 5.56 Å². The topological polar surface area (TPSA) is 46.0 Å². The van der Waals surface area contributed by atoms with Crippen molar-refractivity contribution in [2.24, 2.45) is 0 Å². The van der Waals surface area contributed by atoms with Crippen molar-refractivity contribution in [3.05, 3.63) is 47.1 Å². The lowest BCUT2D eigenvalue weighted by Gasteiger charge is -1.93. The molecule has 0 unspecified atom stereocenters. The molecule has 0 bridgehead atoms. The molecule has 0 saturated heterocycles. The second-order valence-corrected chi connectivity index (χ2v) is 2.44. The van der Waals surface area contributed by atoms with Crippen molar-refractivity contribution in [1.82, 2.24) is 4.98 Å². The molecule has 0 aromatic carbocycles. The summed E-state index contributed by atoms with van der Waals surface area (Å²) in [5.74, 6) is 0. The van der Waals surface area contributed by atoms with Gasteiger partial charge in [0.15, 0.2) is 0 Å². The first-order chi connectivity index (χ1) is 5.86. The molecule has 0 spiro atoms. The molecule has 0 aliphatic carbocycles. The molecular formula is C9H7NO2.